The first-order valence-electron chi connectivity index (χ1n) is 9.23. The molecule has 4 rings (SSSR count). The molecule has 0 unspecified atom stereocenters. The number of hydrogen-bond acceptors (Lipinski definition) is 3. The molecule has 122 valence electrons. The Morgan fingerprint density at radius 1 is 0.955 bits per heavy atom. The topological polar surface area (TPSA) is 26.0 Å². The molecule has 3 aliphatic rings. The predicted octanol–water partition coefficient (Wildman–Crippen LogP) is 3.75. The lowest BCUT2D eigenvalue weighted by molar-refractivity contribution is 0.0322. The number of hydrogen-bond donors (Lipinski definition) is 0. The van der Waals surface area contributed by atoms with Gasteiger partial charge in [0.25, 0.3) is 0 Å². The van der Waals surface area contributed by atoms with Crippen molar-refractivity contribution in [2.45, 2.75) is 83.5 Å². The van der Waals surface area contributed by atoms with E-state index in [1.165, 1.54) is 70.2 Å². The van der Waals surface area contributed by atoms with Gasteiger partial charge in [-0.25, -0.2) is 4.68 Å². The van der Waals surface area contributed by atoms with Crippen LogP contribution in [0.2, 0.25) is 0 Å². The average Bonchev–Trinajstić information content (AvgIpc) is 2.73. The van der Waals surface area contributed by atoms with Crippen molar-refractivity contribution in [3.05, 3.63) is 10.6 Å². The molecule has 1 aliphatic carbocycles. The average molecular weight is 321 g/mol. The van der Waals surface area contributed by atoms with Gasteiger partial charge in [0, 0.05) is 25.6 Å². The van der Waals surface area contributed by atoms with Gasteiger partial charge in [-0.05, 0) is 56.7 Å². The molecule has 1 aromatic heterocycles. The van der Waals surface area contributed by atoms with E-state index in [1.807, 2.05) is 0 Å². The molecule has 1 aromatic rings. The van der Waals surface area contributed by atoms with Crippen molar-refractivity contribution in [3.63, 3.8) is 0 Å². The number of aryl methyl sites for hydroxylation is 1. The Kier molecular flexibility index (Phi) is 4.36. The summed E-state index contributed by atoms with van der Waals surface area (Å²) >= 11 is 5.72. The third-order valence-electron chi connectivity index (χ3n) is 5.96. The normalized spacial score (nSPS) is 29.6. The first-order chi connectivity index (χ1) is 10.8. The van der Waals surface area contributed by atoms with Crippen molar-refractivity contribution in [3.8, 4) is 0 Å². The van der Waals surface area contributed by atoms with Crippen LogP contribution in [0.25, 0.3) is 0 Å². The third-order valence-corrected chi connectivity index (χ3v) is 6.39. The molecular formula is C17H28N4S. The smallest absolute Gasteiger partial charge is 0.199 e. The van der Waals surface area contributed by atoms with Gasteiger partial charge in [0.1, 0.15) is 5.82 Å². The van der Waals surface area contributed by atoms with Crippen LogP contribution in [0.1, 0.15) is 63.6 Å². The van der Waals surface area contributed by atoms with Crippen LogP contribution in [-0.2, 0) is 19.6 Å². The van der Waals surface area contributed by atoms with E-state index < -0.39 is 0 Å². The molecular weight excluding hydrogens is 292 g/mol. The fourth-order valence-electron chi connectivity index (χ4n) is 4.79. The first-order valence-corrected chi connectivity index (χ1v) is 9.64. The highest BCUT2D eigenvalue weighted by Crippen LogP contribution is 2.35. The molecule has 22 heavy (non-hydrogen) atoms. The van der Waals surface area contributed by atoms with Gasteiger partial charge in [0.2, 0.25) is 0 Å². The summed E-state index contributed by atoms with van der Waals surface area (Å²) in [6.07, 6.45) is 13.4. The second-order valence-electron chi connectivity index (χ2n) is 7.37. The van der Waals surface area contributed by atoms with Gasteiger partial charge in [-0.1, -0.05) is 19.3 Å². The summed E-state index contributed by atoms with van der Waals surface area (Å²) < 4.78 is 5.37. The third kappa shape index (κ3) is 2.78. The maximum Gasteiger partial charge on any atom is 0.199 e. The van der Waals surface area contributed by atoms with E-state index in [4.69, 9.17) is 17.3 Å². The van der Waals surface area contributed by atoms with E-state index in [1.54, 1.807) is 0 Å². The summed E-state index contributed by atoms with van der Waals surface area (Å²) in [4.78, 5) is 2.68. The maximum absolute atomic E-state index is 5.72. The Hall–Kier alpha value is -0.680. The molecule has 0 N–H and O–H groups in total. The maximum atomic E-state index is 5.72. The van der Waals surface area contributed by atoms with Crippen molar-refractivity contribution in [1.82, 2.24) is 19.2 Å². The Morgan fingerprint density at radius 3 is 2.77 bits per heavy atom. The molecule has 4 nitrogen and oxygen atoms in total. The molecule has 0 spiro atoms. The molecule has 0 aromatic carbocycles. The highest BCUT2D eigenvalue weighted by Gasteiger charge is 2.33. The minimum Gasteiger partial charge on any atom is -0.304 e. The van der Waals surface area contributed by atoms with Gasteiger partial charge in [-0.15, -0.1) is 0 Å². The zero-order valence-electron chi connectivity index (χ0n) is 13.5. The number of nitrogens with zero attached hydrogens (tertiary/aromatic N) is 4. The SMILES string of the molecule is S=c1n(CN2CCC[C@@H]3CCCC[C@@H]32)nc2n1CCCCC2. The molecule has 0 bridgehead atoms. The van der Waals surface area contributed by atoms with Gasteiger partial charge < -0.3 is 4.57 Å². The second kappa shape index (κ2) is 6.44. The summed E-state index contributed by atoms with van der Waals surface area (Å²) in [6.45, 7) is 3.21. The van der Waals surface area contributed by atoms with E-state index in [0.717, 1.165) is 36.4 Å². The minimum absolute atomic E-state index is 0.783. The summed E-state index contributed by atoms with van der Waals surface area (Å²) in [5.41, 5.74) is 0. The lowest BCUT2D eigenvalue weighted by atomic mass is 9.78. The van der Waals surface area contributed by atoms with E-state index in [2.05, 4.69) is 14.1 Å². The zero-order chi connectivity index (χ0) is 14.9. The molecule has 2 atom stereocenters. The van der Waals surface area contributed by atoms with Crippen LogP contribution < -0.4 is 0 Å². The first kappa shape index (κ1) is 14.9. The standard InChI is InChI=1S/C17H28N4S/c22-17-20-12-5-1-2-10-16(20)18-21(17)13-19-11-6-8-14-7-3-4-9-15(14)19/h14-15H,1-13H2/t14-,15-/m0/s1. The molecule has 0 radical (unpaired) electrons. The van der Waals surface area contributed by atoms with Crippen LogP contribution in [-0.4, -0.2) is 31.8 Å². The molecule has 3 heterocycles. The van der Waals surface area contributed by atoms with Crippen molar-refractivity contribution in [2.75, 3.05) is 6.54 Å². The molecule has 1 saturated carbocycles. The monoisotopic (exact) mass is 320 g/mol. The molecule has 1 saturated heterocycles. The van der Waals surface area contributed by atoms with E-state index >= 15 is 0 Å². The van der Waals surface area contributed by atoms with E-state index in [-0.39, 0.29) is 0 Å². The van der Waals surface area contributed by atoms with Crippen LogP contribution in [0.4, 0.5) is 0 Å². The molecule has 2 aliphatic heterocycles. The fourth-order valence-corrected chi connectivity index (χ4v) is 5.09. The fraction of sp³-hybridized carbons (Fsp3) is 0.882. The van der Waals surface area contributed by atoms with Gasteiger partial charge in [0.05, 0.1) is 6.67 Å². The number of rotatable bonds is 2. The van der Waals surface area contributed by atoms with E-state index in [0.29, 0.717) is 0 Å². The molecule has 5 heteroatoms. The van der Waals surface area contributed by atoms with Gasteiger partial charge in [-0.3, -0.25) is 4.90 Å². The highest BCUT2D eigenvalue weighted by atomic mass is 32.1. The number of aromatic nitrogens is 3. The predicted molar refractivity (Wildman–Crippen MR) is 90.3 cm³/mol. The van der Waals surface area contributed by atoms with Crippen LogP contribution in [0.3, 0.4) is 0 Å². The van der Waals surface area contributed by atoms with Crippen LogP contribution in [0, 0.1) is 10.7 Å². The van der Waals surface area contributed by atoms with Gasteiger partial charge >= 0.3 is 0 Å². The van der Waals surface area contributed by atoms with Gasteiger partial charge in [0.15, 0.2) is 4.77 Å². The minimum atomic E-state index is 0.783. The Bertz CT molecular complexity index is 574. The van der Waals surface area contributed by atoms with Crippen LogP contribution in [0.5, 0.6) is 0 Å². The van der Waals surface area contributed by atoms with Crippen molar-refractivity contribution < 1.29 is 0 Å². The summed E-state index contributed by atoms with van der Waals surface area (Å²) in [5, 5.41) is 4.88. The van der Waals surface area contributed by atoms with Gasteiger partial charge in [-0.2, -0.15) is 5.10 Å². The number of likely N-dealkylation sites (tertiary alicyclic amines) is 1. The lowest BCUT2D eigenvalue weighted by Crippen LogP contribution is -2.47. The summed E-state index contributed by atoms with van der Waals surface area (Å²) in [7, 11) is 0. The largest absolute Gasteiger partial charge is 0.304 e. The quantitative estimate of drug-likeness (QED) is 0.776. The summed E-state index contributed by atoms with van der Waals surface area (Å²) in [5.74, 6) is 2.15. The number of fused-ring (bicyclic) bond motifs is 2. The van der Waals surface area contributed by atoms with Crippen LogP contribution >= 0.6 is 12.2 Å². The second-order valence-corrected chi connectivity index (χ2v) is 7.73. The molecule has 0 amide bonds. The van der Waals surface area contributed by atoms with E-state index in [9.17, 15) is 0 Å². The Balaban J connectivity index is 1.54. The summed E-state index contributed by atoms with van der Waals surface area (Å²) in [6, 6.07) is 0.783. The Labute approximate surface area is 138 Å². The lowest BCUT2D eigenvalue weighted by Gasteiger charge is -2.43. The van der Waals surface area contributed by atoms with Crippen molar-refractivity contribution in [2.24, 2.45) is 5.92 Å². The highest BCUT2D eigenvalue weighted by molar-refractivity contribution is 7.71. The van der Waals surface area contributed by atoms with Crippen LogP contribution in [0.15, 0.2) is 0 Å². The zero-order valence-corrected chi connectivity index (χ0v) is 14.4. The molecule has 2 fully saturated rings. The Morgan fingerprint density at radius 2 is 1.82 bits per heavy atom. The van der Waals surface area contributed by atoms with Crippen molar-refractivity contribution >= 4 is 12.2 Å². The number of piperidine rings is 1. The van der Waals surface area contributed by atoms with Crippen molar-refractivity contribution in [1.29, 1.82) is 0 Å².